The molecule has 0 spiro atoms. The van der Waals surface area contributed by atoms with Gasteiger partial charge in [-0.2, -0.15) is 0 Å². The van der Waals surface area contributed by atoms with E-state index in [9.17, 15) is 9.59 Å². The number of benzene rings is 1. The monoisotopic (exact) mass is 458 g/mol. The summed E-state index contributed by atoms with van der Waals surface area (Å²) in [7, 11) is 0. The predicted molar refractivity (Wildman–Crippen MR) is 130 cm³/mol. The van der Waals surface area contributed by atoms with Gasteiger partial charge in [-0.05, 0) is 44.4 Å². The van der Waals surface area contributed by atoms with Crippen molar-refractivity contribution in [1.29, 1.82) is 0 Å². The first-order chi connectivity index (χ1) is 15.5. The minimum atomic E-state index is 0.0169. The van der Waals surface area contributed by atoms with Crippen molar-refractivity contribution < 1.29 is 9.59 Å². The highest BCUT2D eigenvalue weighted by Gasteiger charge is 2.19. The zero-order valence-corrected chi connectivity index (χ0v) is 20.1. The Morgan fingerprint density at radius 2 is 2.06 bits per heavy atom. The second-order valence-corrected chi connectivity index (χ2v) is 8.28. The van der Waals surface area contributed by atoms with Crippen LogP contribution in [0.25, 0.3) is 0 Å². The molecule has 2 aromatic rings. The number of rotatable bonds is 4. The Morgan fingerprint density at radius 1 is 1.28 bits per heavy atom. The molecule has 32 heavy (non-hydrogen) atoms. The zero-order valence-electron chi connectivity index (χ0n) is 19.4. The number of imidazole rings is 1. The third-order valence-electron chi connectivity index (χ3n) is 5.52. The smallest absolute Gasteiger partial charge is 0.210 e. The molecule has 1 aromatic heterocycles. The quantitative estimate of drug-likeness (QED) is 0.411. The standard InChI is InChI=1S/C9H11N3O2.C8H9Cl.C8H15N/c1-7(14)8-4-10-9-5-11(6-13)2-3-12(8)9;1-2-7-5-3-4-6-8(7)9;1-2-5-8-6-3-4-7-9-8/h4,6H,2-3,5H2,1H3;3-6H,2H2,1H3;2,5,8-9H,3-4,6-7H2,1H3/b;;5-2+. The molecule has 2 aliphatic rings. The summed E-state index contributed by atoms with van der Waals surface area (Å²) in [4.78, 5) is 27.5. The molecule has 6 nitrogen and oxygen atoms in total. The molecule has 1 amide bonds. The molecule has 1 aromatic carbocycles. The lowest BCUT2D eigenvalue weighted by atomic mass is 10.1. The van der Waals surface area contributed by atoms with Crippen LogP contribution >= 0.6 is 11.6 Å². The van der Waals surface area contributed by atoms with E-state index in [0.29, 0.717) is 31.4 Å². The molecule has 174 valence electrons. The normalized spacial score (nSPS) is 17.5. The molecule has 0 saturated carbocycles. The molecule has 1 unspecified atom stereocenters. The van der Waals surface area contributed by atoms with Gasteiger partial charge < -0.3 is 14.8 Å². The topological polar surface area (TPSA) is 67.2 Å². The summed E-state index contributed by atoms with van der Waals surface area (Å²) >= 11 is 5.82. The molecule has 2 aliphatic heterocycles. The van der Waals surface area contributed by atoms with Crippen molar-refractivity contribution >= 4 is 23.8 Å². The first-order valence-electron chi connectivity index (χ1n) is 11.3. The number of hydrogen-bond donors (Lipinski definition) is 1. The summed E-state index contributed by atoms with van der Waals surface area (Å²) < 4.78 is 1.88. The van der Waals surface area contributed by atoms with E-state index in [-0.39, 0.29) is 5.78 Å². The largest absolute Gasteiger partial charge is 0.336 e. The average molecular weight is 459 g/mol. The Labute approximate surface area is 196 Å². The number of hydrogen-bond acceptors (Lipinski definition) is 4. The minimum absolute atomic E-state index is 0.0169. The number of carbonyl (C=O) groups excluding carboxylic acids is 2. The number of Topliss-reactive ketones (excluding diaryl/α,β-unsaturated/α-hetero) is 1. The van der Waals surface area contributed by atoms with Crippen LogP contribution in [0.2, 0.25) is 5.02 Å². The fraction of sp³-hybridized carbons (Fsp3) is 0.480. The van der Waals surface area contributed by atoms with E-state index in [0.717, 1.165) is 23.7 Å². The van der Waals surface area contributed by atoms with Gasteiger partial charge in [-0.1, -0.05) is 55.3 Å². The van der Waals surface area contributed by atoms with Gasteiger partial charge in [-0.15, -0.1) is 0 Å². The van der Waals surface area contributed by atoms with Gasteiger partial charge in [-0.3, -0.25) is 9.59 Å². The summed E-state index contributed by atoms with van der Waals surface area (Å²) in [6.07, 6.45) is 11.8. The summed E-state index contributed by atoms with van der Waals surface area (Å²) in [5, 5.41) is 4.31. The second kappa shape index (κ2) is 13.9. The average Bonchev–Trinajstić information content (AvgIpc) is 3.25. The molecule has 7 heteroatoms. The van der Waals surface area contributed by atoms with Gasteiger partial charge in [0.05, 0.1) is 12.7 Å². The summed E-state index contributed by atoms with van der Waals surface area (Å²) in [6, 6.07) is 8.58. The first-order valence-corrected chi connectivity index (χ1v) is 11.7. The molecule has 1 fully saturated rings. The van der Waals surface area contributed by atoms with Crippen molar-refractivity contribution in [2.24, 2.45) is 0 Å². The lowest BCUT2D eigenvalue weighted by molar-refractivity contribution is -0.119. The molecule has 1 saturated heterocycles. The van der Waals surface area contributed by atoms with E-state index in [2.05, 4.69) is 36.3 Å². The molecule has 0 radical (unpaired) electrons. The number of nitrogens with one attached hydrogen (secondary N) is 1. The highest BCUT2D eigenvalue weighted by molar-refractivity contribution is 6.31. The number of aryl methyl sites for hydroxylation is 1. The molecule has 3 heterocycles. The van der Waals surface area contributed by atoms with Gasteiger partial charge >= 0.3 is 0 Å². The van der Waals surface area contributed by atoms with Crippen LogP contribution in [0.5, 0.6) is 0 Å². The summed E-state index contributed by atoms with van der Waals surface area (Å²) in [5.74, 6) is 0.803. The highest BCUT2D eigenvalue weighted by atomic mass is 35.5. The van der Waals surface area contributed by atoms with Crippen molar-refractivity contribution in [2.75, 3.05) is 13.1 Å². The number of halogens is 1. The highest BCUT2D eigenvalue weighted by Crippen LogP contribution is 2.14. The van der Waals surface area contributed by atoms with Crippen molar-refractivity contribution in [3.63, 3.8) is 0 Å². The Kier molecular flexibility index (Phi) is 11.2. The van der Waals surface area contributed by atoms with Crippen molar-refractivity contribution in [3.05, 3.63) is 64.7 Å². The summed E-state index contributed by atoms with van der Waals surface area (Å²) in [6.45, 7) is 8.70. The van der Waals surface area contributed by atoms with Gasteiger partial charge in [0, 0.05) is 31.1 Å². The van der Waals surface area contributed by atoms with Crippen LogP contribution in [-0.2, 0) is 24.3 Å². The molecule has 1 N–H and O–H groups in total. The molecule has 0 bridgehead atoms. The van der Waals surface area contributed by atoms with E-state index in [1.54, 1.807) is 11.1 Å². The fourth-order valence-corrected chi connectivity index (χ4v) is 3.98. The number of ketones is 1. The van der Waals surface area contributed by atoms with Crippen LogP contribution in [0.1, 0.15) is 61.9 Å². The lowest BCUT2D eigenvalue weighted by Crippen LogP contribution is -2.33. The molecular weight excluding hydrogens is 424 g/mol. The van der Waals surface area contributed by atoms with Crippen LogP contribution in [0.15, 0.2) is 42.6 Å². The maximum atomic E-state index is 11.2. The van der Waals surface area contributed by atoms with E-state index >= 15 is 0 Å². The zero-order chi connectivity index (χ0) is 23.3. The van der Waals surface area contributed by atoms with Crippen molar-refractivity contribution in [1.82, 2.24) is 19.8 Å². The van der Waals surface area contributed by atoms with E-state index in [1.165, 1.54) is 38.3 Å². The van der Waals surface area contributed by atoms with Gasteiger partial charge in [-0.25, -0.2) is 4.98 Å². The molecule has 1 atom stereocenters. The van der Waals surface area contributed by atoms with Gasteiger partial charge in [0.2, 0.25) is 6.41 Å². The molecular formula is C25H35ClN4O2. The number of amides is 1. The maximum Gasteiger partial charge on any atom is 0.210 e. The maximum absolute atomic E-state index is 11.2. The van der Waals surface area contributed by atoms with Gasteiger partial charge in [0.1, 0.15) is 11.5 Å². The number of allylic oxidation sites excluding steroid dienone is 1. The van der Waals surface area contributed by atoms with E-state index in [1.807, 2.05) is 28.8 Å². The van der Waals surface area contributed by atoms with E-state index in [4.69, 9.17) is 11.6 Å². The Balaban J connectivity index is 0.000000178. The Morgan fingerprint density at radius 3 is 2.62 bits per heavy atom. The van der Waals surface area contributed by atoms with Gasteiger partial charge in [0.25, 0.3) is 0 Å². The number of fused-ring (bicyclic) bond motifs is 1. The third kappa shape index (κ3) is 7.92. The van der Waals surface area contributed by atoms with Crippen LogP contribution in [0.3, 0.4) is 0 Å². The van der Waals surface area contributed by atoms with Crippen molar-refractivity contribution in [3.8, 4) is 0 Å². The first kappa shape index (κ1) is 25.8. The Bertz CT molecular complexity index is 888. The van der Waals surface area contributed by atoms with Crippen LogP contribution < -0.4 is 5.32 Å². The number of piperidine rings is 1. The Hall–Kier alpha value is -2.44. The van der Waals surface area contributed by atoms with Crippen LogP contribution in [0.4, 0.5) is 0 Å². The number of nitrogens with zero attached hydrogens (tertiary/aromatic N) is 3. The van der Waals surface area contributed by atoms with Gasteiger partial charge in [0.15, 0.2) is 5.78 Å². The van der Waals surface area contributed by atoms with E-state index < -0.39 is 0 Å². The van der Waals surface area contributed by atoms with Crippen LogP contribution in [0, 0.1) is 0 Å². The number of carbonyl (C=O) groups is 2. The summed E-state index contributed by atoms with van der Waals surface area (Å²) in [5.41, 5.74) is 1.85. The SMILES string of the molecule is C/C=C/C1CCCCN1.CC(=O)c1cnc2n1CCN(C=O)C2.CCc1ccccc1Cl. The molecule has 0 aliphatic carbocycles. The van der Waals surface area contributed by atoms with Crippen LogP contribution in [-0.4, -0.2) is 45.8 Å². The van der Waals surface area contributed by atoms with Crippen molar-refractivity contribution in [2.45, 2.75) is 65.6 Å². The third-order valence-corrected chi connectivity index (χ3v) is 5.88. The fourth-order valence-electron chi connectivity index (χ4n) is 3.71. The number of aromatic nitrogens is 2. The molecule has 4 rings (SSSR count). The predicted octanol–water partition coefficient (Wildman–Crippen LogP) is 4.66. The minimum Gasteiger partial charge on any atom is -0.336 e. The second-order valence-electron chi connectivity index (χ2n) is 7.87. The lowest BCUT2D eigenvalue weighted by Gasteiger charge is -2.24.